The molecule has 1 aromatic rings. The Balaban J connectivity index is 2.36. The monoisotopic (exact) mass is 264 g/mol. The first-order valence-corrected chi connectivity index (χ1v) is 6.13. The molecule has 19 heavy (non-hydrogen) atoms. The summed E-state index contributed by atoms with van der Waals surface area (Å²) in [5, 5.41) is 19.1. The minimum absolute atomic E-state index is 0.0167. The van der Waals surface area contributed by atoms with Gasteiger partial charge in [0.1, 0.15) is 5.75 Å². The first-order chi connectivity index (χ1) is 8.93. The second-order valence-corrected chi connectivity index (χ2v) is 4.82. The summed E-state index contributed by atoms with van der Waals surface area (Å²) in [6.45, 7) is 3.62. The molecule has 1 saturated carbocycles. The van der Waals surface area contributed by atoms with Crippen molar-refractivity contribution in [2.45, 2.75) is 26.2 Å². The number of phenols is 1. The van der Waals surface area contributed by atoms with Crippen LogP contribution in [0.25, 0.3) is 0 Å². The van der Waals surface area contributed by atoms with Gasteiger partial charge in [0.15, 0.2) is 5.41 Å². The molecule has 1 aliphatic rings. The van der Waals surface area contributed by atoms with E-state index in [1.165, 1.54) is 6.07 Å². The number of aryl methyl sites for hydroxylation is 1. The molecule has 1 fully saturated rings. The third kappa shape index (κ3) is 2.05. The number of esters is 1. The van der Waals surface area contributed by atoms with Gasteiger partial charge >= 0.3 is 11.9 Å². The van der Waals surface area contributed by atoms with E-state index in [1.807, 2.05) is 6.92 Å². The molecule has 2 rings (SSSR count). The number of aliphatic carboxylic acids is 1. The van der Waals surface area contributed by atoms with Crippen LogP contribution in [-0.2, 0) is 14.3 Å². The van der Waals surface area contributed by atoms with E-state index in [1.54, 1.807) is 19.1 Å². The Kier molecular flexibility index (Phi) is 3.22. The number of aromatic hydroxyl groups is 1. The lowest BCUT2D eigenvalue weighted by atomic mass is 9.97. The molecule has 0 heterocycles. The van der Waals surface area contributed by atoms with Crippen LogP contribution in [0.2, 0.25) is 0 Å². The highest BCUT2D eigenvalue weighted by Gasteiger charge is 2.68. The summed E-state index contributed by atoms with van der Waals surface area (Å²) in [7, 11) is 0. The van der Waals surface area contributed by atoms with Crippen molar-refractivity contribution in [1.29, 1.82) is 0 Å². The number of carboxylic acid groups (broad SMARTS) is 1. The Morgan fingerprint density at radius 2 is 2.16 bits per heavy atom. The first kappa shape index (κ1) is 13.4. The predicted octanol–water partition coefficient (Wildman–Crippen LogP) is 1.82. The largest absolute Gasteiger partial charge is 0.508 e. The van der Waals surface area contributed by atoms with Crippen molar-refractivity contribution >= 4 is 11.9 Å². The number of carboxylic acids is 1. The van der Waals surface area contributed by atoms with Gasteiger partial charge in [-0.05, 0) is 31.9 Å². The van der Waals surface area contributed by atoms with Gasteiger partial charge in [0.05, 0.1) is 6.61 Å². The molecule has 2 unspecified atom stereocenters. The molecule has 102 valence electrons. The molecule has 0 aromatic heterocycles. The van der Waals surface area contributed by atoms with Crippen LogP contribution in [0.5, 0.6) is 5.75 Å². The van der Waals surface area contributed by atoms with Gasteiger partial charge < -0.3 is 14.9 Å². The van der Waals surface area contributed by atoms with Crippen molar-refractivity contribution in [2.24, 2.45) is 5.41 Å². The molecule has 2 N–H and O–H groups in total. The van der Waals surface area contributed by atoms with Gasteiger partial charge in [0.25, 0.3) is 0 Å². The van der Waals surface area contributed by atoms with Crippen LogP contribution < -0.4 is 0 Å². The van der Waals surface area contributed by atoms with Crippen LogP contribution in [0, 0.1) is 12.3 Å². The topological polar surface area (TPSA) is 83.8 Å². The summed E-state index contributed by atoms with van der Waals surface area (Å²) in [4.78, 5) is 23.3. The zero-order valence-electron chi connectivity index (χ0n) is 10.8. The molecule has 2 atom stereocenters. The van der Waals surface area contributed by atoms with Crippen LogP contribution >= 0.6 is 0 Å². The number of carbonyl (C=O) groups is 2. The number of rotatable bonds is 4. The quantitative estimate of drug-likeness (QED) is 0.640. The average molecular weight is 264 g/mol. The third-order valence-corrected chi connectivity index (χ3v) is 3.54. The standard InChI is InChI=1S/C14H16O5/c1-3-19-13(18)14(12(16)17)7-10(14)9-6-8(2)4-5-11(9)15/h4-6,10,15H,3,7H2,1-2H3,(H,16,17). The highest BCUT2D eigenvalue weighted by Crippen LogP contribution is 2.61. The Morgan fingerprint density at radius 3 is 2.74 bits per heavy atom. The van der Waals surface area contributed by atoms with Gasteiger partial charge in [0.2, 0.25) is 0 Å². The lowest BCUT2D eigenvalue weighted by Gasteiger charge is -2.12. The van der Waals surface area contributed by atoms with Crippen molar-refractivity contribution in [2.75, 3.05) is 6.61 Å². The lowest BCUT2D eigenvalue weighted by Crippen LogP contribution is -2.29. The van der Waals surface area contributed by atoms with Crippen LogP contribution in [0.1, 0.15) is 30.4 Å². The van der Waals surface area contributed by atoms with Gasteiger partial charge in [-0.3, -0.25) is 9.59 Å². The van der Waals surface area contributed by atoms with E-state index in [0.29, 0.717) is 5.56 Å². The highest BCUT2D eigenvalue weighted by molar-refractivity contribution is 6.04. The molecule has 5 nitrogen and oxygen atoms in total. The second-order valence-electron chi connectivity index (χ2n) is 4.82. The van der Waals surface area contributed by atoms with Crippen LogP contribution in [0.3, 0.4) is 0 Å². The molecular formula is C14H16O5. The van der Waals surface area contributed by atoms with Crippen LogP contribution in [0.15, 0.2) is 18.2 Å². The molecule has 0 amide bonds. The fourth-order valence-electron chi connectivity index (χ4n) is 2.40. The van der Waals surface area contributed by atoms with E-state index in [9.17, 15) is 19.8 Å². The average Bonchev–Trinajstić information content (AvgIpc) is 3.09. The Labute approximate surface area is 110 Å². The number of benzene rings is 1. The zero-order chi connectivity index (χ0) is 14.2. The maximum atomic E-state index is 11.9. The Bertz CT molecular complexity index is 537. The highest BCUT2D eigenvalue weighted by atomic mass is 16.5. The fraction of sp³-hybridized carbons (Fsp3) is 0.429. The summed E-state index contributed by atoms with van der Waals surface area (Å²) in [6, 6.07) is 4.96. The van der Waals surface area contributed by atoms with Gasteiger partial charge in [-0.2, -0.15) is 0 Å². The van der Waals surface area contributed by atoms with Crippen LogP contribution in [0.4, 0.5) is 0 Å². The molecule has 0 saturated heterocycles. The number of ether oxygens (including phenoxy) is 1. The maximum Gasteiger partial charge on any atom is 0.324 e. The molecule has 1 aliphatic carbocycles. The second kappa shape index (κ2) is 4.57. The molecule has 0 aliphatic heterocycles. The zero-order valence-corrected chi connectivity index (χ0v) is 10.8. The molecule has 0 spiro atoms. The summed E-state index contributed by atoms with van der Waals surface area (Å²) in [5.41, 5.74) is -0.139. The van der Waals surface area contributed by atoms with Crippen molar-refractivity contribution < 1.29 is 24.5 Å². The van der Waals surface area contributed by atoms with Crippen molar-refractivity contribution in [3.05, 3.63) is 29.3 Å². The minimum atomic E-state index is -1.54. The van der Waals surface area contributed by atoms with Gasteiger partial charge in [-0.15, -0.1) is 0 Å². The predicted molar refractivity (Wildman–Crippen MR) is 66.9 cm³/mol. The molecule has 0 bridgehead atoms. The van der Waals surface area contributed by atoms with Crippen molar-refractivity contribution in [3.63, 3.8) is 0 Å². The summed E-state index contributed by atoms with van der Waals surface area (Å²) < 4.78 is 4.85. The minimum Gasteiger partial charge on any atom is -0.508 e. The van der Waals surface area contributed by atoms with E-state index in [2.05, 4.69) is 0 Å². The normalized spacial score (nSPS) is 24.8. The molecule has 0 radical (unpaired) electrons. The van der Waals surface area contributed by atoms with Crippen LogP contribution in [-0.4, -0.2) is 28.8 Å². The van der Waals surface area contributed by atoms with Gasteiger partial charge in [-0.1, -0.05) is 17.7 Å². The van der Waals surface area contributed by atoms with Gasteiger partial charge in [0, 0.05) is 5.92 Å². The number of phenolic OH excluding ortho intramolecular Hbond substituents is 1. The first-order valence-electron chi connectivity index (χ1n) is 6.13. The van der Waals surface area contributed by atoms with Crippen molar-refractivity contribution in [3.8, 4) is 5.75 Å². The lowest BCUT2D eigenvalue weighted by molar-refractivity contribution is -0.161. The molecule has 5 heteroatoms. The van der Waals surface area contributed by atoms with E-state index in [-0.39, 0.29) is 18.8 Å². The summed E-state index contributed by atoms with van der Waals surface area (Å²) >= 11 is 0. The van der Waals surface area contributed by atoms with E-state index in [4.69, 9.17) is 4.74 Å². The Hall–Kier alpha value is -2.04. The molecular weight excluding hydrogens is 248 g/mol. The van der Waals surface area contributed by atoms with Crippen molar-refractivity contribution in [1.82, 2.24) is 0 Å². The summed E-state index contributed by atoms with van der Waals surface area (Å²) in [6.07, 6.45) is 0.165. The van der Waals surface area contributed by atoms with E-state index < -0.39 is 23.3 Å². The van der Waals surface area contributed by atoms with Gasteiger partial charge in [-0.25, -0.2) is 0 Å². The maximum absolute atomic E-state index is 11.9. The third-order valence-electron chi connectivity index (χ3n) is 3.54. The SMILES string of the molecule is CCOC(=O)C1(C(=O)O)CC1c1cc(C)ccc1O. The number of carbonyl (C=O) groups excluding carboxylic acids is 1. The fourth-order valence-corrected chi connectivity index (χ4v) is 2.40. The van der Waals surface area contributed by atoms with E-state index >= 15 is 0 Å². The number of hydrogen-bond acceptors (Lipinski definition) is 4. The smallest absolute Gasteiger partial charge is 0.324 e. The molecule has 1 aromatic carbocycles. The van der Waals surface area contributed by atoms with E-state index in [0.717, 1.165) is 5.56 Å². The summed E-state index contributed by atoms with van der Waals surface area (Å²) in [5.74, 6) is -2.43. The number of hydrogen-bond donors (Lipinski definition) is 2. The Morgan fingerprint density at radius 1 is 1.47 bits per heavy atom.